The first-order valence-electron chi connectivity index (χ1n) is 9.68. The van der Waals surface area contributed by atoms with Crippen LogP contribution in [0.5, 0.6) is 0 Å². The molecule has 0 spiro atoms. The van der Waals surface area contributed by atoms with Crippen LogP contribution in [0.1, 0.15) is 51.4 Å². The highest BCUT2D eigenvalue weighted by atomic mass is 16.5. The summed E-state index contributed by atoms with van der Waals surface area (Å²) in [5.41, 5.74) is 1.50. The molecule has 1 aliphatic carbocycles. The van der Waals surface area contributed by atoms with Crippen LogP contribution in [0.2, 0.25) is 0 Å². The van der Waals surface area contributed by atoms with E-state index in [4.69, 9.17) is 4.74 Å². The molecule has 3 aliphatic rings. The molecule has 5 nitrogen and oxygen atoms in total. The van der Waals surface area contributed by atoms with Crippen LogP contribution in [0, 0.1) is 5.92 Å². The summed E-state index contributed by atoms with van der Waals surface area (Å²) in [5, 5.41) is 13.3. The molecule has 2 saturated heterocycles. The number of carbonyl (C=O) groups is 1. The maximum atomic E-state index is 12.3. The number of hydrogen-bond donors (Lipinski definition) is 2. The van der Waals surface area contributed by atoms with E-state index in [2.05, 4.69) is 16.3 Å². The Kier molecular flexibility index (Phi) is 6.69. The SMILES string of the molecule is O=C(CN1CCC[C@@H]1[C@@H]1COCC[C@@H]1O)NCCC1=CCCCC1. The number of aliphatic hydroxyl groups is 1. The van der Waals surface area contributed by atoms with Gasteiger partial charge in [0, 0.05) is 25.1 Å². The van der Waals surface area contributed by atoms with Gasteiger partial charge in [-0.3, -0.25) is 9.69 Å². The second kappa shape index (κ2) is 8.97. The molecule has 2 aliphatic heterocycles. The summed E-state index contributed by atoms with van der Waals surface area (Å²) >= 11 is 0. The van der Waals surface area contributed by atoms with Crippen LogP contribution in [-0.2, 0) is 9.53 Å². The minimum atomic E-state index is -0.286. The minimum Gasteiger partial charge on any atom is -0.393 e. The van der Waals surface area contributed by atoms with Crippen molar-refractivity contribution in [2.75, 3.05) is 32.8 Å². The molecular weight excluding hydrogens is 304 g/mol. The van der Waals surface area contributed by atoms with E-state index in [1.54, 1.807) is 0 Å². The Labute approximate surface area is 145 Å². The van der Waals surface area contributed by atoms with Gasteiger partial charge >= 0.3 is 0 Å². The van der Waals surface area contributed by atoms with E-state index in [9.17, 15) is 9.90 Å². The van der Waals surface area contributed by atoms with E-state index in [0.29, 0.717) is 19.8 Å². The lowest BCUT2D eigenvalue weighted by molar-refractivity contribution is -0.123. The maximum Gasteiger partial charge on any atom is 0.234 e. The molecule has 0 aromatic rings. The van der Waals surface area contributed by atoms with Crippen LogP contribution in [0.25, 0.3) is 0 Å². The number of carbonyl (C=O) groups excluding carboxylic acids is 1. The molecule has 136 valence electrons. The molecule has 0 saturated carbocycles. The zero-order valence-electron chi connectivity index (χ0n) is 14.7. The smallest absolute Gasteiger partial charge is 0.234 e. The van der Waals surface area contributed by atoms with Crippen LogP contribution in [-0.4, -0.2) is 60.9 Å². The van der Waals surface area contributed by atoms with Gasteiger partial charge in [0.15, 0.2) is 0 Å². The summed E-state index contributed by atoms with van der Waals surface area (Å²) in [6.07, 6.45) is 10.9. The van der Waals surface area contributed by atoms with E-state index in [-0.39, 0.29) is 24.0 Å². The van der Waals surface area contributed by atoms with Crippen molar-refractivity contribution in [1.82, 2.24) is 10.2 Å². The summed E-state index contributed by atoms with van der Waals surface area (Å²) in [7, 11) is 0. The first-order chi connectivity index (χ1) is 11.7. The van der Waals surface area contributed by atoms with E-state index in [1.165, 1.54) is 31.3 Å². The van der Waals surface area contributed by atoms with Crippen LogP contribution in [0.4, 0.5) is 0 Å². The van der Waals surface area contributed by atoms with Gasteiger partial charge in [-0.1, -0.05) is 11.6 Å². The molecule has 1 amide bonds. The summed E-state index contributed by atoms with van der Waals surface area (Å²) in [5.74, 6) is 0.269. The van der Waals surface area contributed by atoms with Crippen LogP contribution >= 0.6 is 0 Å². The molecule has 0 unspecified atom stereocenters. The van der Waals surface area contributed by atoms with Crippen LogP contribution in [0.3, 0.4) is 0 Å². The number of amides is 1. The molecule has 0 bridgehead atoms. The first-order valence-corrected chi connectivity index (χ1v) is 9.68. The second-order valence-corrected chi connectivity index (χ2v) is 7.48. The highest BCUT2D eigenvalue weighted by molar-refractivity contribution is 5.78. The van der Waals surface area contributed by atoms with Crippen LogP contribution in [0.15, 0.2) is 11.6 Å². The van der Waals surface area contributed by atoms with Gasteiger partial charge in [0.25, 0.3) is 0 Å². The van der Waals surface area contributed by atoms with Gasteiger partial charge in [-0.05, 0) is 57.9 Å². The molecule has 0 radical (unpaired) electrons. The van der Waals surface area contributed by atoms with Crippen molar-refractivity contribution in [3.05, 3.63) is 11.6 Å². The lowest BCUT2D eigenvalue weighted by Gasteiger charge is -2.36. The third-order valence-electron chi connectivity index (χ3n) is 5.77. The van der Waals surface area contributed by atoms with E-state index < -0.39 is 0 Å². The third-order valence-corrected chi connectivity index (χ3v) is 5.77. The Bertz CT molecular complexity index is 452. The summed E-state index contributed by atoms with van der Waals surface area (Å²) < 4.78 is 5.56. The maximum absolute atomic E-state index is 12.3. The highest BCUT2D eigenvalue weighted by Crippen LogP contribution is 2.29. The molecule has 2 N–H and O–H groups in total. The van der Waals surface area contributed by atoms with Crippen molar-refractivity contribution < 1.29 is 14.6 Å². The fraction of sp³-hybridized carbons (Fsp3) is 0.842. The van der Waals surface area contributed by atoms with Crippen molar-refractivity contribution in [3.8, 4) is 0 Å². The predicted molar refractivity (Wildman–Crippen MR) is 93.7 cm³/mol. The number of rotatable bonds is 6. The topological polar surface area (TPSA) is 61.8 Å². The Hall–Kier alpha value is -0.910. The molecule has 2 heterocycles. The van der Waals surface area contributed by atoms with Gasteiger partial charge in [0.2, 0.25) is 5.91 Å². The molecule has 3 rings (SSSR count). The zero-order chi connectivity index (χ0) is 16.8. The monoisotopic (exact) mass is 336 g/mol. The summed E-state index contributed by atoms with van der Waals surface area (Å²) in [6, 6.07) is 0.284. The van der Waals surface area contributed by atoms with Gasteiger partial charge in [-0.25, -0.2) is 0 Å². The Morgan fingerprint density at radius 3 is 3.04 bits per heavy atom. The van der Waals surface area contributed by atoms with Gasteiger partial charge in [-0.2, -0.15) is 0 Å². The van der Waals surface area contributed by atoms with Gasteiger partial charge in [0.1, 0.15) is 0 Å². The fourth-order valence-electron chi connectivity index (χ4n) is 4.38. The average molecular weight is 336 g/mol. The summed E-state index contributed by atoms with van der Waals surface area (Å²) in [6.45, 7) is 3.43. The van der Waals surface area contributed by atoms with Gasteiger partial charge in [0.05, 0.1) is 19.3 Å². The largest absolute Gasteiger partial charge is 0.393 e. The number of ether oxygens (including phenoxy) is 1. The molecule has 0 aromatic carbocycles. The number of allylic oxidation sites excluding steroid dienone is 1. The van der Waals surface area contributed by atoms with Crippen LogP contribution < -0.4 is 5.32 Å². The quantitative estimate of drug-likeness (QED) is 0.727. The van der Waals surface area contributed by atoms with Crippen molar-refractivity contribution in [3.63, 3.8) is 0 Å². The van der Waals surface area contributed by atoms with E-state index >= 15 is 0 Å². The lowest BCUT2D eigenvalue weighted by atomic mass is 9.89. The number of nitrogens with zero attached hydrogens (tertiary/aromatic N) is 1. The van der Waals surface area contributed by atoms with Crippen molar-refractivity contribution in [2.45, 2.75) is 63.5 Å². The molecule has 0 aromatic heterocycles. The molecule has 2 fully saturated rings. The first kappa shape index (κ1) is 17.9. The summed E-state index contributed by atoms with van der Waals surface area (Å²) in [4.78, 5) is 14.5. The van der Waals surface area contributed by atoms with E-state index in [1.807, 2.05) is 0 Å². The van der Waals surface area contributed by atoms with E-state index in [0.717, 1.165) is 38.8 Å². The minimum absolute atomic E-state index is 0.115. The average Bonchev–Trinajstić information content (AvgIpc) is 3.04. The Morgan fingerprint density at radius 2 is 2.25 bits per heavy atom. The second-order valence-electron chi connectivity index (χ2n) is 7.48. The van der Waals surface area contributed by atoms with Crippen molar-refractivity contribution in [1.29, 1.82) is 0 Å². The Balaban J connectivity index is 1.42. The standard InChI is InChI=1S/C19H32N2O3/c22-18-9-12-24-14-16(18)17-7-4-11-21(17)13-19(23)20-10-8-15-5-2-1-3-6-15/h5,16-18,22H,1-4,6-14H2,(H,20,23)/t16-,17+,18-/m0/s1. The molecule has 3 atom stereocenters. The molecule has 5 heteroatoms. The number of nitrogens with one attached hydrogen (secondary N) is 1. The van der Waals surface area contributed by atoms with Crippen molar-refractivity contribution in [2.24, 2.45) is 5.92 Å². The molecular formula is C19H32N2O3. The van der Waals surface area contributed by atoms with Gasteiger partial charge in [-0.15, -0.1) is 0 Å². The number of hydrogen-bond acceptors (Lipinski definition) is 4. The predicted octanol–water partition coefficient (Wildman–Crippen LogP) is 1.85. The van der Waals surface area contributed by atoms with Crippen molar-refractivity contribution >= 4 is 5.91 Å². The lowest BCUT2D eigenvalue weighted by Crippen LogP contribution is -2.48. The normalized spacial score (nSPS) is 31.7. The zero-order valence-corrected chi connectivity index (χ0v) is 14.7. The highest BCUT2D eigenvalue weighted by Gasteiger charge is 2.37. The fourth-order valence-corrected chi connectivity index (χ4v) is 4.38. The Morgan fingerprint density at radius 1 is 1.33 bits per heavy atom. The third kappa shape index (κ3) is 4.80. The number of aliphatic hydroxyl groups excluding tert-OH is 1. The number of likely N-dealkylation sites (tertiary alicyclic amines) is 1. The van der Waals surface area contributed by atoms with Gasteiger partial charge < -0.3 is 15.2 Å². The molecule has 24 heavy (non-hydrogen) atoms.